The first kappa shape index (κ1) is 16.8. The summed E-state index contributed by atoms with van der Waals surface area (Å²) >= 11 is 11.4. The number of nitrogens with one attached hydrogen (secondary N) is 2. The predicted molar refractivity (Wildman–Crippen MR) is 98.4 cm³/mol. The van der Waals surface area contributed by atoms with Crippen LogP contribution in [0.15, 0.2) is 34.7 Å². The molecule has 2 N–H and O–H groups in total. The van der Waals surface area contributed by atoms with E-state index in [-0.39, 0.29) is 0 Å². The zero-order valence-electron chi connectivity index (χ0n) is 13.6. The highest BCUT2D eigenvalue weighted by atomic mass is 35.5. The molecule has 2 aromatic heterocycles. The van der Waals surface area contributed by atoms with Gasteiger partial charge in [0, 0.05) is 17.0 Å². The molecule has 0 aliphatic heterocycles. The minimum Gasteiger partial charge on any atom is -0.459 e. The number of aromatic amines is 1. The Morgan fingerprint density at radius 3 is 2.96 bits per heavy atom. The van der Waals surface area contributed by atoms with E-state index < -0.39 is 0 Å². The zero-order chi connectivity index (χ0) is 17.1. The molecule has 2 heterocycles. The predicted octanol–water partition coefficient (Wildman–Crippen LogP) is 4.86. The Hall–Kier alpha value is -2.05. The van der Waals surface area contributed by atoms with Crippen LogP contribution in [0.2, 0.25) is 5.02 Å². The summed E-state index contributed by atoms with van der Waals surface area (Å²) in [4.78, 5) is 0. The van der Waals surface area contributed by atoms with Gasteiger partial charge in [-0.3, -0.25) is 5.10 Å². The van der Waals surface area contributed by atoms with Gasteiger partial charge in [-0.1, -0.05) is 30.7 Å². The molecule has 126 valence electrons. The van der Waals surface area contributed by atoms with Crippen molar-refractivity contribution in [2.24, 2.45) is 0 Å². The van der Waals surface area contributed by atoms with Gasteiger partial charge in [0.05, 0.1) is 6.54 Å². The van der Waals surface area contributed by atoms with Gasteiger partial charge in [-0.2, -0.15) is 5.10 Å². The van der Waals surface area contributed by atoms with Crippen molar-refractivity contribution in [3.8, 4) is 11.3 Å². The summed E-state index contributed by atoms with van der Waals surface area (Å²) in [5, 5.41) is 7.77. The van der Waals surface area contributed by atoms with Crippen LogP contribution in [0.25, 0.3) is 11.3 Å². The highest BCUT2D eigenvalue weighted by molar-refractivity contribution is 7.71. The Labute approximate surface area is 150 Å². The van der Waals surface area contributed by atoms with Crippen LogP contribution in [0, 0.1) is 11.7 Å². The number of furan rings is 1. The van der Waals surface area contributed by atoms with E-state index in [0.717, 1.165) is 46.3 Å². The third kappa shape index (κ3) is 3.39. The number of hydrogen-bond acceptors (Lipinski definition) is 4. The average molecular weight is 363 g/mol. The van der Waals surface area contributed by atoms with Gasteiger partial charge in [-0.15, -0.1) is 0 Å². The van der Waals surface area contributed by atoms with E-state index in [2.05, 4.69) is 22.5 Å². The smallest absolute Gasteiger partial charge is 0.214 e. The van der Waals surface area contributed by atoms with E-state index >= 15 is 0 Å². The van der Waals surface area contributed by atoms with Crippen LogP contribution in [0.1, 0.15) is 30.5 Å². The van der Waals surface area contributed by atoms with Crippen molar-refractivity contribution in [3.05, 3.63) is 57.3 Å². The van der Waals surface area contributed by atoms with Gasteiger partial charge >= 0.3 is 0 Å². The summed E-state index contributed by atoms with van der Waals surface area (Å²) in [5.41, 5.74) is 5.26. The summed E-state index contributed by atoms with van der Waals surface area (Å²) in [6.07, 6.45) is 1.85. The summed E-state index contributed by atoms with van der Waals surface area (Å²) in [6, 6.07) is 9.71. The zero-order valence-corrected chi connectivity index (χ0v) is 15.2. The van der Waals surface area contributed by atoms with E-state index in [1.165, 1.54) is 0 Å². The number of rotatable bonds is 6. The Bertz CT molecular complexity index is 896. The number of hydrogen-bond donors (Lipinski definition) is 2. The fraction of sp³-hybridized carbons (Fsp3) is 0.294. The monoisotopic (exact) mass is 362 g/mol. The molecule has 0 fully saturated rings. The lowest BCUT2D eigenvalue weighted by atomic mass is 10.1. The third-order valence-corrected chi connectivity index (χ3v) is 4.50. The van der Waals surface area contributed by atoms with Crippen molar-refractivity contribution in [3.63, 3.8) is 0 Å². The van der Waals surface area contributed by atoms with Gasteiger partial charge in [0.15, 0.2) is 5.82 Å². The van der Waals surface area contributed by atoms with Gasteiger partial charge in [0.1, 0.15) is 11.5 Å². The van der Waals surface area contributed by atoms with E-state index in [1.54, 1.807) is 4.68 Å². The first-order valence-corrected chi connectivity index (χ1v) is 8.63. The second-order valence-electron chi connectivity index (χ2n) is 5.54. The van der Waals surface area contributed by atoms with Crippen molar-refractivity contribution in [2.75, 3.05) is 5.43 Å². The normalized spacial score (nSPS) is 11.0. The quantitative estimate of drug-likeness (QED) is 0.615. The van der Waals surface area contributed by atoms with Crippen LogP contribution in [0.5, 0.6) is 0 Å². The SMILES string of the molecule is CCCc1n[nH]c(=S)n1NCc1ccc(-c2cccc(Cl)c2C)o1. The first-order valence-electron chi connectivity index (χ1n) is 7.84. The van der Waals surface area contributed by atoms with Gasteiger partial charge in [-0.05, 0) is 49.3 Å². The topological polar surface area (TPSA) is 58.8 Å². The largest absolute Gasteiger partial charge is 0.459 e. The summed E-state index contributed by atoms with van der Waals surface area (Å²) in [6.45, 7) is 4.61. The number of halogens is 1. The van der Waals surface area contributed by atoms with Crippen molar-refractivity contribution >= 4 is 23.8 Å². The fourth-order valence-corrected chi connectivity index (χ4v) is 2.92. The van der Waals surface area contributed by atoms with Gasteiger partial charge in [0.25, 0.3) is 0 Å². The third-order valence-electron chi connectivity index (χ3n) is 3.82. The van der Waals surface area contributed by atoms with Gasteiger partial charge in [-0.25, -0.2) is 4.68 Å². The highest BCUT2D eigenvalue weighted by Gasteiger charge is 2.10. The molecule has 0 atom stereocenters. The van der Waals surface area contributed by atoms with Crippen LogP contribution in [-0.2, 0) is 13.0 Å². The standard InChI is InChI=1S/C17H19ClN4OS/c1-3-5-16-20-21-17(24)22(16)19-10-12-8-9-15(23-12)13-6-4-7-14(18)11(13)2/h4,6-9,19H,3,5,10H2,1-2H3,(H,21,24). The summed E-state index contributed by atoms with van der Waals surface area (Å²) < 4.78 is 8.29. The summed E-state index contributed by atoms with van der Waals surface area (Å²) in [7, 11) is 0. The molecule has 3 rings (SSSR count). The molecule has 1 aromatic carbocycles. The lowest BCUT2D eigenvalue weighted by molar-refractivity contribution is 0.520. The molecule has 0 spiro atoms. The van der Waals surface area contributed by atoms with Crippen molar-refractivity contribution in [1.29, 1.82) is 0 Å². The highest BCUT2D eigenvalue weighted by Crippen LogP contribution is 2.29. The number of H-pyrrole nitrogens is 1. The second kappa shape index (κ2) is 7.23. The van der Waals surface area contributed by atoms with E-state index in [9.17, 15) is 0 Å². The first-order chi connectivity index (χ1) is 11.6. The fourth-order valence-electron chi connectivity index (χ4n) is 2.53. The molecule has 0 amide bonds. The Balaban J connectivity index is 1.77. The second-order valence-corrected chi connectivity index (χ2v) is 6.34. The van der Waals surface area contributed by atoms with Gasteiger partial charge in [0.2, 0.25) is 4.77 Å². The molecular formula is C17H19ClN4OS. The molecule has 0 aliphatic carbocycles. The lowest BCUT2D eigenvalue weighted by Gasteiger charge is -2.08. The molecule has 0 bridgehead atoms. The van der Waals surface area contributed by atoms with Crippen molar-refractivity contribution in [2.45, 2.75) is 33.2 Å². The van der Waals surface area contributed by atoms with Crippen LogP contribution in [0.4, 0.5) is 0 Å². The molecule has 0 saturated heterocycles. The Morgan fingerprint density at radius 2 is 2.17 bits per heavy atom. The molecule has 0 unspecified atom stereocenters. The minimum absolute atomic E-state index is 0.518. The van der Waals surface area contributed by atoms with Crippen LogP contribution in [0.3, 0.4) is 0 Å². The maximum absolute atomic E-state index is 6.18. The van der Waals surface area contributed by atoms with E-state index in [1.807, 2.05) is 37.3 Å². The molecule has 0 aliphatic rings. The Kier molecular flexibility index (Phi) is 5.06. The molecule has 5 nitrogen and oxygen atoms in total. The number of aromatic nitrogens is 3. The number of benzene rings is 1. The maximum Gasteiger partial charge on any atom is 0.214 e. The molecular weight excluding hydrogens is 344 g/mol. The van der Waals surface area contributed by atoms with E-state index in [0.29, 0.717) is 11.3 Å². The van der Waals surface area contributed by atoms with Crippen molar-refractivity contribution in [1.82, 2.24) is 14.9 Å². The van der Waals surface area contributed by atoms with Crippen LogP contribution in [-0.4, -0.2) is 14.9 Å². The number of nitrogens with zero attached hydrogens (tertiary/aromatic N) is 2. The van der Waals surface area contributed by atoms with Crippen molar-refractivity contribution < 1.29 is 4.42 Å². The van der Waals surface area contributed by atoms with Gasteiger partial charge < -0.3 is 9.84 Å². The van der Waals surface area contributed by atoms with Crippen LogP contribution < -0.4 is 5.43 Å². The molecule has 0 radical (unpaired) electrons. The minimum atomic E-state index is 0.518. The van der Waals surface area contributed by atoms with E-state index in [4.69, 9.17) is 28.2 Å². The molecule has 0 saturated carbocycles. The molecule has 7 heteroatoms. The Morgan fingerprint density at radius 1 is 1.33 bits per heavy atom. The maximum atomic E-state index is 6.18. The molecule has 3 aromatic rings. The lowest BCUT2D eigenvalue weighted by Crippen LogP contribution is -2.17. The average Bonchev–Trinajstić information content (AvgIpc) is 3.16. The summed E-state index contributed by atoms with van der Waals surface area (Å²) in [5.74, 6) is 2.51. The molecule has 24 heavy (non-hydrogen) atoms. The van der Waals surface area contributed by atoms with Crippen LogP contribution >= 0.6 is 23.8 Å². The number of aryl methyl sites for hydroxylation is 1.